The second kappa shape index (κ2) is 5.70. The quantitative estimate of drug-likeness (QED) is 0.754. The highest BCUT2D eigenvalue weighted by molar-refractivity contribution is 5.82. The highest BCUT2D eigenvalue weighted by Crippen LogP contribution is 2.34. The molecule has 0 aromatic rings. The second-order valence-corrected chi connectivity index (χ2v) is 6.14. The molecule has 0 aromatic heterocycles. The number of hydrogen-bond donors (Lipinski definition) is 0. The average molecular weight is 251 g/mol. The third-order valence-corrected chi connectivity index (χ3v) is 5.01. The van der Waals surface area contributed by atoms with Crippen LogP contribution in [0.5, 0.6) is 0 Å². The van der Waals surface area contributed by atoms with Gasteiger partial charge < -0.3 is 4.74 Å². The van der Waals surface area contributed by atoms with Gasteiger partial charge >= 0.3 is 0 Å². The van der Waals surface area contributed by atoms with Crippen LogP contribution in [-0.4, -0.2) is 42.5 Å². The molecule has 3 fully saturated rings. The standard InChI is InChI=1S/C15H25NO2/c17-15-8-2-1-6-13(15)14-7-3-9-16(14)12-5-4-10-18-11-12/h12-14H,1-11H2. The first kappa shape index (κ1) is 12.6. The van der Waals surface area contributed by atoms with Crippen LogP contribution < -0.4 is 0 Å². The lowest BCUT2D eigenvalue weighted by atomic mass is 9.81. The van der Waals surface area contributed by atoms with Crippen molar-refractivity contribution in [3.05, 3.63) is 0 Å². The molecule has 0 spiro atoms. The number of nitrogens with zero attached hydrogens (tertiary/aromatic N) is 1. The molecule has 2 aliphatic heterocycles. The SMILES string of the molecule is O=C1CCCCC1C1CCCN1C1CCCOC1. The van der Waals surface area contributed by atoms with Gasteiger partial charge in [0.15, 0.2) is 0 Å². The van der Waals surface area contributed by atoms with Gasteiger partial charge in [0.05, 0.1) is 6.61 Å². The Morgan fingerprint density at radius 3 is 2.78 bits per heavy atom. The van der Waals surface area contributed by atoms with Crippen molar-refractivity contribution in [2.45, 2.75) is 63.5 Å². The number of carbonyl (C=O) groups is 1. The van der Waals surface area contributed by atoms with Gasteiger partial charge in [-0.15, -0.1) is 0 Å². The average Bonchev–Trinajstić information content (AvgIpc) is 2.89. The van der Waals surface area contributed by atoms with Gasteiger partial charge in [0.2, 0.25) is 0 Å². The van der Waals surface area contributed by atoms with E-state index in [1.807, 2.05) is 0 Å². The topological polar surface area (TPSA) is 29.5 Å². The van der Waals surface area contributed by atoms with Gasteiger partial charge in [-0.25, -0.2) is 0 Å². The largest absolute Gasteiger partial charge is 0.380 e. The Morgan fingerprint density at radius 2 is 2.00 bits per heavy atom. The molecule has 3 aliphatic rings. The van der Waals surface area contributed by atoms with Crippen LogP contribution in [0.3, 0.4) is 0 Å². The number of ketones is 1. The van der Waals surface area contributed by atoms with Crippen molar-refractivity contribution in [2.75, 3.05) is 19.8 Å². The van der Waals surface area contributed by atoms with Gasteiger partial charge in [-0.1, -0.05) is 6.42 Å². The van der Waals surface area contributed by atoms with Crippen molar-refractivity contribution in [3.8, 4) is 0 Å². The zero-order valence-corrected chi connectivity index (χ0v) is 11.3. The van der Waals surface area contributed by atoms with Gasteiger partial charge in [-0.3, -0.25) is 9.69 Å². The van der Waals surface area contributed by atoms with Crippen LogP contribution in [0.25, 0.3) is 0 Å². The number of ether oxygens (including phenoxy) is 1. The molecule has 102 valence electrons. The first-order chi connectivity index (χ1) is 8.86. The summed E-state index contributed by atoms with van der Waals surface area (Å²) >= 11 is 0. The molecular formula is C15H25NO2. The van der Waals surface area contributed by atoms with Crippen LogP contribution in [0.4, 0.5) is 0 Å². The summed E-state index contributed by atoms with van der Waals surface area (Å²) in [5.74, 6) is 0.873. The monoisotopic (exact) mass is 251 g/mol. The first-order valence-corrected chi connectivity index (χ1v) is 7.72. The first-order valence-electron chi connectivity index (χ1n) is 7.72. The predicted octanol–water partition coefficient (Wildman–Crippen LogP) is 2.39. The Kier molecular flexibility index (Phi) is 4.00. The van der Waals surface area contributed by atoms with E-state index in [0.29, 0.717) is 23.8 Å². The van der Waals surface area contributed by atoms with Gasteiger partial charge in [0, 0.05) is 31.0 Å². The van der Waals surface area contributed by atoms with Gasteiger partial charge in [-0.05, 0) is 45.1 Å². The normalized spacial score (nSPS) is 39.1. The molecule has 0 amide bonds. The lowest BCUT2D eigenvalue weighted by molar-refractivity contribution is -0.127. The molecule has 2 heterocycles. The third kappa shape index (κ3) is 2.48. The molecule has 2 saturated heterocycles. The Bertz CT molecular complexity index is 299. The molecule has 3 atom stereocenters. The Balaban J connectivity index is 1.67. The number of rotatable bonds is 2. The molecule has 0 radical (unpaired) electrons. The van der Waals surface area contributed by atoms with Crippen molar-refractivity contribution in [3.63, 3.8) is 0 Å². The highest BCUT2D eigenvalue weighted by atomic mass is 16.5. The zero-order chi connectivity index (χ0) is 12.4. The van der Waals surface area contributed by atoms with E-state index < -0.39 is 0 Å². The summed E-state index contributed by atoms with van der Waals surface area (Å²) in [6.45, 7) is 3.00. The molecule has 3 heteroatoms. The van der Waals surface area contributed by atoms with E-state index in [0.717, 1.165) is 32.5 Å². The van der Waals surface area contributed by atoms with Crippen LogP contribution in [0, 0.1) is 5.92 Å². The van der Waals surface area contributed by atoms with Crippen molar-refractivity contribution in [2.24, 2.45) is 5.92 Å². The summed E-state index contributed by atoms with van der Waals surface area (Å²) in [5, 5.41) is 0. The van der Waals surface area contributed by atoms with Crippen LogP contribution in [0.1, 0.15) is 51.4 Å². The summed E-state index contributed by atoms with van der Waals surface area (Å²) in [6, 6.07) is 1.12. The van der Waals surface area contributed by atoms with Crippen LogP contribution >= 0.6 is 0 Å². The highest BCUT2D eigenvalue weighted by Gasteiger charge is 2.39. The fourth-order valence-corrected chi connectivity index (χ4v) is 4.10. The number of Topliss-reactive ketones (excluding diaryl/α,β-unsaturated/α-hetero) is 1. The van der Waals surface area contributed by atoms with Gasteiger partial charge in [0.1, 0.15) is 5.78 Å². The maximum absolute atomic E-state index is 12.2. The molecular weight excluding hydrogens is 226 g/mol. The van der Waals surface area contributed by atoms with Crippen LogP contribution in [-0.2, 0) is 9.53 Å². The fourth-order valence-electron chi connectivity index (χ4n) is 4.10. The zero-order valence-electron chi connectivity index (χ0n) is 11.3. The van der Waals surface area contributed by atoms with E-state index >= 15 is 0 Å². The van der Waals surface area contributed by atoms with E-state index in [9.17, 15) is 4.79 Å². The maximum atomic E-state index is 12.2. The summed E-state index contributed by atoms with van der Waals surface area (Å²) in [4.78, 5) is 14.8. The predicted molar refractivity (Wildman–Crippen MR) is 70.5 cm³/mol. The van der Waals surface area contributed by atoms with Crippen molar-refractivity contribution >= 4 is 5.78 Å². The molecule has 18 heavy (non-hydrogen) atoms. The smallest absolute Gasteiger partial charge is 0.137 e. The number of carbonyl (C=O) groups excluding carboxylic acids is 1. The number of likely N-dealkylation sites (tertiary alicyclic amines) is 1. The summed E-state index contributed by atoms with van der Waals surface area (Å²) < 4.78 is 5.63. The minimum atomic E-state index is 0.336. The van der Waals surface area contributed by atoms with E-state index in [-0.39, 0.29) is 0 Å². The van der Waals surface area contributed by atoms with Crippen LogP contribution in [0.2, 0.25) is 0 Å². The molecule has 1 aliphatic carbocycles. The lowest BCUT2D eigenvalue weighted by Gasteiger charge is -2.39. The fraction of sp³-hybridized carbons (Fsp3) is 0.933. The van der Waals surface area contributed by atoms with E-state index in [1.54, 1.807) is 0 Å². The molecule has 0 aromatic carbocycles. The molecule has 0 N–H and O–H groups in total. The number of hydrogen-bond acceptors (Lipinski definition) is 3. The Hall–Kier alpha value is -0.410. The molecule has 3 nitrogen and oxygen atoms in total. The Morgan fingerprint density at radius 1 is 1.06 bits per heavy atom. The summed E-state index contributed by atoms with van der Waals surface area (Å²) in [6.07, 6.45) is 9.28. The molecule has 3 rings (SSSR count). The van der Waals surface area contributed by atoms with Crippen molar-refractivity contribution in [1.29, 1.82) is 0 Å². The van der Waals surface area contributed by atoms with Crippen molar-refractivity contribution < 1.29 is 9.53 Å². The Labute approximate surface area is 110 Å². The third-order valence-electron chi connectivity index (χ3n) is 5.01. The maximum Gasteiger partial charge on any atom is 0.137 e. The second-order valence-electron chi connectivity index (χ2n) is 6.14. The van der Waals surface area contributed by atoms with Crippen molar-refractivity contribution in [1.82, 2.24) is 4.90 Å². The van der Waals surface area contributed by atoms with E-state index in [4.69, 9.17) is 4.74 Å². The minimum Gasteiger partial charge on any atom is -0.380 e. The molecule has 1 saturated carbocycles. The van der Waals surface area contributed by atoms with Gasteiger partial charge in [-0.2, -0.15) is 0 Å². The van der Waals surface area contributed by atoms with Crippen LogP contribution in [0.15, 0.2) is 0 Å². The van der Waals surface area contributed by atoms with Gasteiger partial charge in [0.25, 0.3) is 0 Å². The molecule has 3 unspecified atom stereocenters. The summed E-state index contributed by atoms with van der Waals surface area (Å²) in [5.41, 5.74) is 0. The summed E-state index contributed by atoms with van der Waals surface area (Å²) in [7, 11) is 0. The van der Waals surface area contributed by atoms with E-state index in [2.05, 4.69) is 4.90 Å². The molecule has 0 bridgehead atoms. The lowest BCUT2D eigenvalue weighted by Crippen LogP contribution is -2.48. The van der Waals surface area contributed by atoms with E-state index in [1.165, 1.54) is 38.6 Å². The minimum absolute atomic E-state index is 0.336.